The lowest BCUT2D eigenvalue weighted by Crippen LogP contribution is -2.21. The Morgan fingerprint density at radius 1 is 1.24 bits per heavy atom. The van der Waals surface area contributed by atoms with Crippen LogP contribution in [0.1, 0.15) is 11.1 Å². The summed E-state index contributed by atoms with van der Waals surface area (Å²) in [5.41, 5.74) is -2.67. The van der Waals surface area contributed by atoms with Gasteiger partial charge in [-0.1, -0.05) is 15.9 Å². The Hall–Kier alpha value is -0.750. The van der Waals surface area contributed by atoms with Gasteiger partial charge in [0.2, 0.25) is 5.88 Å². The molecule has 0 saturated heterocycles. The number of hydrogen-bond acceptors (Lipinski definition) is 4. The van der Waals surface area contributed by atoms with E-state index >= 15 is 0 Å². The summed E-state index contributed by atoms with van der Waals surface area (Å²) in [4.78, 5) is 2.88. The van der Waals surface area contributed by atoms with Gasteiger partial charge in [0.05, 0.1) is 5.56 Å². The molecule has 0 N–H and O–H groups in total. The van der Waals surface area contributed by atoms with Gasteiger partial charge in [-0.2, -0.15) is 18.2 Å². The standard InChI is InChI=1S/C8H3BrClF6NO3S/c9-2-3-4(7(11,12)13)1-5(21(10,18)19)17-6(3)20-8(14,15)16/h1H,2H2. The summed E-state index contributed by atoms with van der Waals surface area (Å²) in [5, 5.41) is -2.11. The quantitative estimate of drug-likeness (QED) is 0.422. The summed E-state index contributed by atoms with van der Waals surface area (Å²) in [6.45, 7) is 0. The Balaban J connectivity index is 3.68. The van der Waals surface area contributed by atoms with E-state index in [2.05, 4.69) is 25.7 Å². The van der Waals surface area contributed by atoms with Gasteiger partial charge in [0.1, 0.15) is 0 Å². The van der Waals surface area contributed by atoms with Crippen LogP contribution in [0.2, 0.25) is 0 Å². The number of nitrogens with zero attached hydrogens (tertiary/aromatic N) is 1. The molecule has 0 aliphatic heterocycles. The van der Waals surface area contributed by atoms with Gasteiger partial charge < -0.3 is 4.74 Å². The molecular weight excluding hydrogens is 420 g/mol. The molecular formula is C8H3BrClF6NO3S. The van der Waals surface area contributed by atoms with Gasteiger partial charge in [-0.25, -0.2) is 8.42 Å². The van der Waals surface area contributed by atoms with Crippen molar-refractivity contribution in [1.82, 2.24) is 4.98 Å². The van der Waals surface area contributed by atoms with Crippen LogP contribution in [0.25, 0.3) is 0 Å². The maximum Gasteiger partial charge on any atom is 0.574 e. The molecule has 13 heteroatoms. The number of pyridine rings is 1. The fourth-order valence-electron chi connectivity index (χ4n) is 1.23. The average Bonchev–Trinajstić information content (AvgIpc) is 2.23. The van der Waals surface area contributed by atoms with Gasteiger partial charge in [0.15, 0.2) is 5.03 Å². The maximum atomic E-state index is 12.8. The van der Waals surface area contributed by atoms with Gasteiger partial charge in [-0.3, -0.25) is 0 Å². The molecule has 4 nitrogen and oxygen atoms in total. The van der Waals surface area contributed by atoms with Gasteiger partial charge in [-0.05, 0) is 6.07 Å². The fourth-order valence-corrected chi connectivity index (χ4v) is 2.46. The molecule has 0 spiro atoms. The maximum absolute atomic E-state index is 12.8. The van der Waals surface area contributed by atoms with Crippen LogP contribution in [0.3, 0.4) is 0 Å². The molecule has 0 unspecified atom stereocenters. The van der Waals surface area contributed by atoms with E-state index in [1.165, 1.54) is 0 Å². The highest BCUT2D eigenvalue weighted by molar-refractivity contribution is 9.08. The largest absolute Gasteiger partial charge is 0.574 e. The van der Waals surface area contributed by atoms with Crippen LogP contribution in [0.4, 0.5) is 26.3 Å². The first-order chi connectivity index (χ1) is 9.25. The average molecular weight is 423 g/mol. The fraction of sp³-hybridized carbons (Fsp3) is 0.375. The Morgan fingerprint density at radius 3 is 2.10 bits per heavy atom. The van der Waals surface area contributed by atoms with Crippen LogP contribution in [-0.4, -0.2) is 19.8 Å². The number of hydrogen-bond donors (Lipinski definition) is 0. The lowest BCUT2D eigenvalue weighted by molar-refractivity contribution is -0.276. The second kappa shape index (κ2) is 5.80. The molecule has 120 valence electrons. The summed E-state index contributed by atoms with van der Waals surface area (Å²) >= 11 is 2.56. The second-order valence-corrected chi connectivity index (χ2v) is 6.48. The Morgan fingerprint density at radius 2 is 1.76 bits per heavy atom. The summed E-state index contributed by atoms with van der Waals surface area (Å²) in [6.07, 6.45) is -10.5. The van der Waals surface area contributed by atoms with Crippen LogP contribution in [0, 0.1) is 0 Å². The van der Waals surface area contributed by atoms with Gasteiger partial charge in [-0.15, -0.1) is 13.2 Å². The number of aromatic nitrogens is 1. The zero-order valence-electron chi connectivity index (χ0n) is 9.39. The minimum absolute atomic E-state index is 0.0299. The second-order valence-electron chi connectivity index (χ2n) is 3.41. The molecule has 0 fully saturated rings. The molecule has 21 heavy (non-hydrogen) atoms. The lowest BCUT2D eigenvalue weighted by Gasteiger charge is -2.17. The predicted octanol–water partition coefficient (Wildman–Crippen LogP) is 3.82. The minimum atomic E-state index is -5.36. The van der Waals surface area contributed by atoms with Crippen molar-refractivity contribution in [3.05, 3.63) is 17.2 Å². The molecule has 0 aliphatic rings. The number of rotatable bonds is 3. The Bertz CT molecular complexity index is 645. The van der Waals surface area contributed by atoms with Crippen molar-refractivity contribution in [3.63, 3.8) is 0 Å². The normalized spacial score (nSPS) is 13.3. The molecule has 1 heterocycles. The first-order valence-electron chi connectivity index (χ1n) is 4.63. The zero-order valence-corrected chi connectivity index (χ0v) is 12.5. The molecule has 0 atom stereocenters. The van der Waals surface area contributed by atoms with E-state index in [0.717, 1.165) is 0 Å². The summed E-state index contributed by atoms with van der Waals surface area (Å²) in [6, 6.07) is 0.0299. The monoisotopic (exact) mass is 421 g/mol. The van der Waals surface area contributed by atoms with Crippen LogP contribution in [0.5, 0.6) is 5.88 Å². The molecule has 1 aromatic rings. The Kier molecular flexibility index (Phi) is 5.05. The third-order valence-electron chi connectivity index (χ3n) is 1.96. The predicted molar refractivity (Wildman–Crippen MR) is 61.6 cm³/mol. The molecule has 0 saturated carbocycles. The van der Waals surface area contributed by atoms with Crippen molar-refractivity contribution >= 4 is 35.7 Å². The van der Waals surface area contributed by atoms with Gasteiger partial charge in [0.25, 0.3) is 9.05 Å². The van der Waals surface area contributed by atoms with Gasteiger partial charge in [0, 0.05) is 21.6 Å². The molecule has 1 rings (SSSR count). The van der Waals surface area contributed by atoms with Gasteiger partial charge >= 0.3 is 12.5 Å². The molecule has 0 amide bonds. The highest BCUT2D eigenvalue weighted by atomic mass is 79.9. The van der Waals surface area contributed by atoms with Crippen LogP contribution in [-0.2, 0) is 20.6 Å². The molecule has 0 aliphatic carbocycles. The van der Waals surface area contributed by atoms with E-state index in [0.29, 0.717) is 0 Å². The molecule has 0 radical (unpaired) electrons. The molecule has 1 aromatic heterocycles. The van der Waals surface area contributed by atoms with Crippen molar-refractivity contribution in [2.45, 2.75) is 22.9 Å². The summed E-state index contributed by atoms with van der Waals surface area (Å²) in [5.74, 6) is -1.55. The van der Waals surface area contributed by atoms with E-state index < -0.39 is 49.0 Å². The topological polar surface area (TPSA) is 56.3 Å². The van der Waals surface area contributed by atoms with Crippen molar-refractivity contribution < 1.29 is 39.5 Å². The van der Waals surface area contributed by atoms with E-state index in [1.54, 1.807) is 0 Å². The minimum Gasteiger partial charge on any atom is -0.387 e. The van der Waals surface area contributed by atoms with Crippen LogP contribution >= 0.6 is 26.6 Å². The SMILES string of the molecule is O=S(=O)(Cl)c1cc(C(F)(F)F)c(CBr)c(OC(F)(F)F)n1. The van der Waals surface area contributed by atoms with Crippen molar-refractivity contribution in [2.75, 3.05) is 0 Å². The molecule has 0 bridgehead atoms. The number of halogens is 8. The third-order valence-corrected chi connectivity index (χ3v) is 3.71. The lowest BCUT2D eigenvalue weighted by atomic mass is 10.1. The van der Waals surface area contributed by atoms with Crippen molar-refractivity contribution in [3.8, 4) is 5.88 Å². The summed E-state index contributed by atoms with van der Waals surface area (Å²) in [7, 11) is 0.0230. The van der Waals surface area contributed by atoms with E-state index in [-0.39, 0.29) is 6.07 Å². The smallest absolute Gasteiger partial charge is 0.387 e. The summed E-state index contributed by atoms with van der Waals surface area (Å²) < 4.78 is 100. The van der Waals surface area contributed by atoms with E-state index in [4.69, 9.17) is 10.7 Å². The number of ether oxygens (including phenoxy) is 1. The van der Waals surface area contributed by atoms with E-state index in [1.807, 2.05) is 0 Å². The highest BCUT2D eigenvalue weighted by Gasteiger charge is 2.40. The first kappa shape index (κ1) is 18.3. The van der Waals surface area contributed by atoms with Crippen LogP contribution < -0.4 is 4.74 Å². The van der Waals surface area contributed by atoms with Crippen molar-refractivity contribution in [2.24, 2.45) is 0 Å². The first-order valence-corrected chi connectivity index (χ1v) is 8.06. The third kappa shape index (κ3) is 4.88. The Labute approximate surface area is 126 Å². The van der Waals surface area contributed by atoms with Crippen LogP contribution in [0.15, 0.2) is 11.1 Å². The zero-order chi connectivity index (χ0) is 16.6. The highest BCUT2D eigenvalue weighted by Crippen LogP contribution is 2.39. The number of alkyl halides is 7. The molecule has 0 aromatic carbocycles. The van der Waals surface area contributed by atoms with E-state index in [9.17, 15) is 34.8 Å². The van der Waals surface area contributed by atoms with Crippen molar-refractivity contribution in [1.29, 1.82) is 0 Å².